The van der Waals surface area contributed by atoms with Gasteiger partial charge in [-0.15, -0.1) is 0 Å². The molecule has 1 atom stereocenters. The second-order valence-corrected chi connectivity index (χ2v) is 3.90. The normalized spacial score (nSPS) is 13.0. The maximum absolute atomic E-state index is 11.4. The molecule has 2 heteroatoms. The van der Waals surface area contributed by atoms with Crippen LogP contribution in [0.5, 0.6) is 0 Å². The minimum Gasteiger partial charge on any atom is -0.465 e. The Balaban J connectivity index is 3.85. The summed E-state index contributed by atoms with van der Waals surface area (Å²) in [7, 11) is 0. The number of carbonyl (C=O) groups excluding carboxylic acids is 1. The van der Waals surface area contributed by atoms with Gasteiger partial charge in [0.05, 0.1) is 12.5 Å². The summed E-state index contributed by atoms with van der Waals surface area (Å²) >= 11 is 0. The number of carbonyl (C=O) groups is 1. The lowest BCUT2D eigenvalue weighted by molar-refractivity contribution is -0.149. The molecule has 2 nitrogen and oxygen atoms in total. The SMILES string of the molecule is CCCOC(=O)C(CC)CC(C)C. The summed E-state index contributed by atoms with van der Waals surface area (Å²) < 4.78 is 5.11. The molecule has 0 N–H and O–H groups in total. The largest absolute Gasteiger partial charge is 0.465 e. The zero-order chi connectivity index (χ0) is 10.3. The summed E-state index contributed by atoms with van der Waals surface area (Å²) in [5, 5.41) is 0. The lowest BCUT2D eigenvalue weighted by atomic mass is 9.95. The van der Waals surface area contributed by atoms with Crippen molar-refractivity contribution in [1.82, 2.24) is 0 Å². The fraction of sp³-hybridized carbons (Fsp3) is 0.909. The molecule has 0 bridgehead atoms. The van der Waals surface area contributed by atoms with Crippen molar-refractivity contribution >= 4 is 5.97 Å². The summed E-state index contributed by atoms with van der Waals surface area (Å²) in [5.41, 5.74) is 0. The van der Waals surface area contributed by atoms with E-state index in [1.54, 1.807) is 0 Å². The van der Waals surface area contributed by atoms with Gasteiger partial charge in [-0.05, 0) is 25.2 Å². The number of ether oxygens (including phenoxy) is 1. The lowest BCUT2D eigenvalue weighted by Gasteiger charge is -2.15. The Hall–Kier alpha value is -0.530. The van der Waals surface area contributed by atoms with Gasteiger partial charge in [0.15, 0.2) is 0 Å². The Morgan fingerprint density at radius 2 is 1.92 bits per heavy atom. The predicted molar refractivity (Wildman–Crippen MR) is 54.5 cm³/mol. The highest BCUT2D eigenvalue weighted by molar-refractivity contribution is 5.72. The van der Waals surface area contributed by atoms with Crippen LogP contribution in [0, 0.1) is 11.8 Å². The lowest BCUT2D eigenvalue weighted by Crippen LogP contribution is -2.19. The van der Waals surface area contributed by atoms with Crippen molar-refractivity contribution in [3.05, 3.63) is 0 Å². The van der Waals surface area contributed by atoms with Crippen molar-refractivity contribution < 1.29 is 9.53 Å². The Morgan fingerprint density at radius 1 is 1.31 bits per heavy atom. The maximum atomic E-state index is 11.4. The van der Waals surface area contributed by atoms with Crippen molar-refractivity contribution in [3.8, 4) is 0 Å². The maximum Gasteiger partial charge on any atom is 0.308 e. The van der Waals surface area contributed by atoms with Crippen molar-refractivity contribution in [2.24, 2.45) is 11.8 Å². The van der Waals surface area contributed by atoms with Crippen LogP contribution in [0.2, 0.25) is 0 Å². The number of rotatable bonds is 6. The Kier molecular flexibility index (Phi) is 6.65. The van der Waals surface area contributed by atoms with E-state index in [9.17, 15) is 4.79 Å². The van der Waals surface area contributed by atoms with Gasteiger partial charge in [-0.2, -0.15) is 0 Å². The Labute approximate surface area is 81.7 Å². The van der Waals surface area contributed by atoms with Gasteiger partial charge >= 0.3 is 5.97 Å². The van der Waals surface area contributed by atoms with Gasteiger partial charge in [-0.3, -0.25) is 4.79 Å². The first-order valence-corrected chi connectivity index (χ1v) is 5.28. The molecule has 78 valence electrons. The van der Waals surface area contributed by atoms with Crippen LogP contribution in [0.4, 0.5) is 0 Å². The van der Waals surface area contributed by atoms with E-state index in [0.717, 1.165) is 19.3 Å². The fourth-order valence-corrected chi connectivity index (χ4v) is 1.32. The van der Waals surface area contributed by atoms with E-state index in [1.807, 2.05) is 13.8 Å². The van der Waals surface area contributed by atoms with E-state index in [2.05, 4.69) is 13.8 Å². The smallest absolute Gasteiger partial charge is 0.308 e. The molecule has 0 aromatic heterocycles. The van der Waals surface area contributed by atoms with E-state index in [0.29, 0.717) is 12.5 Å². The van der Waals surface area contributed by atoms with Gasteiger partial charge in [0.2, 0.25) is 0 Å². The van der Waals surface area contributed by atoms with Crippen molar-refractivity contribution in [2.45, 2.75) is 47.0 Å². The Morgan fingerprint density at radius 3 is 2.31 bits per heavy atom. The molecule has 0 radical (unpaired) electrons. The van der Waals surface area contributed by atoms with Gasteiger partial charge < -0.3 is 4.74 Å². The van der Waals surface area contributed by atoms with Gasteiger partial charge in [0.1, 0.15) is 0 Å². The minimum atomic E-state index is -0.0157. The van der Waals surface area contributed by atoms with Crippen LogP contribution in [0.15, 0.2) is 0 Å². The molecule has 0 saturated carbocycles. The van der Waals surface area contributed by atoms with Gasteiger partial charge in [-0.1, -0.05) is 27.7 Å². The summed E-state index contributed by atoms with van der Waals surface area (Å²) in [6, 6.07) is 0. The highest BCUT2D eigenvalue weighted by Gasteiger charge is 2.18. The van der Waals surface area contributed by atoms with E-state index in [4.69, 9.17) is 4.74 Å². The average Bonchev–Trinajstić information content (AvgIpc) is 2.09. The third-order valence-electron chi connectivity index (χ3n) is 2.03. The first-order chi connectivity index (χ1) is 6.11. The van der Waals surface area contributed by atoms with Crippen molar-refractivity contribution in [2.75, 3.05) is 6.61 Å². The molecule has 0 amide bonds. The highest BCUT2D eigenvalue weighted by Crippen LogP contribution is 2.16. The molecule has 0 aromatic rings. The quantitative estimate of drug-likeness (QED) is 0.596. The number of hydrogen-bond acceptors (Lipinski definition) is 2. The molecule has 0 saturated heterocycles. The van der Waals surface area contributed by atoms with Crippen molar-refractivity contribution in [1.29, 1.82) is 0 Å². The molecule has 1 unspecified atom stereocenters. The van der Waals surface area contributed by atoms with Crippen LogP contribution >= 0.6 is 0 Å². The van der Waals surface area contributed by atoms with E-state index >= 15 is 0 Å². The number of hydrogen-bond donors (Lipinski definition) is 0. The van der Waals surface area contributed by atoms with Crippen LogP contribution < -0.4 is 0 Å². The van der Waals surface area contributed by atoms with Gasteiger partial charge in [0.25, 0.3) is 0 Å². The average molecular weight is 186 g/mol. The molecule has 0 heterocycles. The molecule has 13 heavy (non-hydrogen) atoms. The van der Waals surface area contributed by atoms with Crippen molar-refractivity contribution in [3.63, 3.8) is 0 Å². The third-order valence-corrected chi connectivity index (χ3v) is 2.03. The first-order valence-electron chi connectivity index (χ1n) is 5.28. The van der Waals surface area contributed by atoms with Crippen LogP contribution in [-0.2, 0) is 9.53 Å². The summed E-state index contributed by atoms with van der Waals surface area (Å²) in [6.07, 6.45) is 2.74. The molecule has 0 rings (SSSR count). The Bertz CT molecular complexity index is 141. The topological polar surface area (TPSA) is 26.3 Å². The van der Waals surface area contributed by atoms with Crippen LogP contribution in [0.3, 0.4) is 0 Å². The fourth-order valence-electron chi connectivity index (χ4n) is 1.32. The summed E-state index contributed by atoms with van der Waals surface area (Å²) in [5.74, 6) is 0.656. The molecule has 0 spiro atoms. The zero-order valence-electron chi connectivity index (χ0n) is 9.30. The molecular formula is C11H22O2. The number of esters is 1. The minimum absolute atomic E-state index is 0.0157. The molecule has 0 aliphatic heterocycles. The monoisotopic (exact) mass is 186 g/mol. The summed E-state index contributed by atoms with van der Waals surface area (Å²) in [4.78, 5) is 11.4. The van der Waals surface area contributed by atoms with E-state index in [-0.39, 0.29) is 11.9 Å². The van der Waals surface area contributed by atoms with Gasteiger partial charge in [0, 0.05) is 0 Å². The molecular weight excluding hydrogens is 164 g/mol. The molecule has 0 fully saturated rings. The van der Waals surface area contributed by atoms with Crippen LogP contribution in [0.1, 0.15) is 47.0 Å². The first kappa shape index (κ1) is 12.5. The standard InChI is InChI=1S/C11H22O2/c1-5-7-13-11(12)10(6-2)8-9(3)4/h9-10H,5-8H2,1-4H3. The van der Waals surface area contributed by atoms with E-state index in [1.165, 1.54) is 0 Å². The van der Waals surface area contributed by atoms with Crippen LogP contribution in [-0.4, -0.2) is 12.6 Å². The van der Waals surface area contributed by atoms with Crippen LogP contribution in [0.25, 0.3) is 0 Å². The second-order valence-electron chi connectivity index (χ2n) is 3.90. The summed E-state index contributed by atoms with van der Waals surface area (Å²) in [6.45, 7) is 8.88. The zero-order valence-corrected chi connectivity index (χ0v) is 9.30. The second kappa shape index (κ2) is 6.93. The highest BCUT2D eigenvalue weighted by atomic mass is 16.5. The molecule has 0 aliphatic rings. The molecule has 0 aromatic carbocycles. The van der Waals surface area contributed by atoms with E-state index < -0.39 is 0 Å². The predicted octanol–water partition coefficient (Wildman–Crippen LogP) is 3.01. The van der Waals surface area contributed by atoms with Gasteiger partial charge in [-0.25, -0.2) is 0 Å². The third kappa shape index (κ3) is 5.67. The molecule has 0 aliphatic carbocycles.